The number of rotatable bonds is 10. The Morgan fingerprint density at radius 2 is 2.00 bits per heavy atom. The van der Waals surface area contributed by atoms with Crippen LogP contribution in [0.2, 0.25) is 0 Å². The number of anilines is 2. The second kappa shape index (κ2) is 13.4. The molecule has 0 aliphatic heterocycles. The minimum Gasteiger partial charge on any atom is -0.477 e. The Bertz CT molecular complexity index is 673. The molecule has 154 valence electrons. The highest BCUT2D eigenvalue weighted by molar-refractivity contribution is 5.46. The van der Waals surface area contributed by atoms with Crippen molar-refractivity contribution in [2.45, 2.75) is 34.1 Å². The lowest BCUT2D eigenvalue weighted by atomic mass is 10.2. The van der Waals surface area contributed by atoms with E-state index in [2.05, 4.69) is 41.0 Å². The predicted octanol–water partition coefficient (Wildman–Crippen LogP) is 3.05. The summed E-state index contributed by atoms with van der Waals surface area (Å²) in [6, 6.07) is 9.65. The number of carbonyl (C=O) groups is 1. The Hall–Kier alpha value is -2.83. The highest BCUT2D eigenvalue weighted by Crippen LogP contribution is 2.16. The van der Waals surface area contributed by atoms with Gasteiger partial charge in [-0.3, -0.25) is 4.79 Å². The highest BCUT2D eigenvalue weighted by atomic mass is 16.5. The van der Waals surface area contributed by atoms with Crippen LogP contribution in [0.25, 0.3) is 0 Å². The number of nitrogens with zero attached hydrogens (tertiary/aromatic N) is 3. The van der Waals surface area contributed by atoms with E-state index < -0.39 is 0 Å². The molecule has 1 amide bonds. The first-order chi connectivity index (χ1) is 13.5. The van der Waals surface area contributed by atoms with Crippen molar-refractivity contribution in [2.24, 2.45) is 5.92 Å². The monoisotopic (exact) mass is 387 g/mol. The van der Waals surface area contributed by atoms with Crippen LogP contribution in [0.5, 0.6) is 5.88 Å². The summed E-state index contributed by atoms with van der Waals surface area (Å²) in [5, 5.41) is 2.66. The lowest BCUT2D eigenvalue weighted by Crippen LogP contribution is -2.33. The van der Waals surface area contributed by atoms with Gasteiger partial charge in [0.1, 0.15) is 12.1 Å². The smallest absolute Gasteiger partial charge is 0.218 e. The zero-order chi connectivity index (χ0) is 20.8. The molecule has 7 nitrogen and oxygen atoms in total. The Balaban J connectivity index is 0.000000406. The summed E-state index contributed by atoms with van der Waals surface area (Å²) in [7, 11) is 0. The summed E-state index contributed by atoms with van der Waals surface area (Å²) >= 11 is 0. The number of benzene rings is 1. The van der Waals surface area contributed by atoms with Crippen molar-refractivity contribution in [2.75, 3.05) is 36.9 Å². The third-order valence-electron chi connectivity index (χ3n) is 3.81. The maximum atomic E-state index is 10.3. The van der Waals surface area contributed by atoms with E-state index >= 15 is 0 Å². The largest absolute Gasteiger partial charge is 0.477 e. The van der Waals surface area contributed by atoms with E-state index in [1.165, 1.54) is 6.33 Å². The summed E-state index contributed by atoms with van der Waals surface area (Å²) in [5.74, 6) is 1.87. The molecule has 0 radical (unpaired) electrons. The normalized spacial score (nSPS) is 10.0. The first-order valence-corrected chi connectivity index (χ1v) is 9.65. The molecule has 2 aromatic rings. The van der Waals surface area contributed by atoms with Crippen molar-refractivity contribution in [1.29, 1.82) is 0 Å². The third-order valence-corrected chi connectivity index (χ3v) is 3.81. The zero-order valence-corrected chi connectivity index (χ0v) is 17.4. The second-order valence-electron chi connectivity index (χ2n) is 6.83. The lowest BCUT2D eigenvalue weighted by Gasteiger charge is -2.23. The molecular weight excluding hydrogens is 354 g/mol. The maximum absolute atomic E-state index is 10.3. The molecule has 0 spiro atoms. The van der Waals surface area contributed by atoms with Gasteiger partial charge >= 0.3 is 0 Å². The van der Waals surface area contributed by atoms with Crippen molar-refractivity contribution >= 4 is 17.9 Å². The molecule has 0 saturated heterocycles. The molecule has 0 aliphatic carbocycles. The van der Waals surface area contributed by atoms with Crippen molar-refractivity contribution in [3.8, 4) is 5.88 Å². The topological polar surface area (TPSA) is 93.4 Å². The predicted molar refractivity (Wildman–Crippen MR) is 115 cm³/mol. The molecule has 0 fully saturated rings. The van der Waals surface area contributed by atoms with Gasteiger partial charge in [0.2, 0.25) is 12.3 Å². The molecule has 0 bridgehead atoms. The number of ether oxygens (including phenoxy) is 1. The van der Waals surface area contributed by atoms with Gasteiger partial charge in [-0.15, -0.1) is 0 Å². The molecule has 0 atom stereocenters. The Kier molecular flexibility index (Phi) is 11.1. The number of aromatic nitrogens is 2. The van der Waals surface area contributed by atoms with Crippen molar-refractivity contribution in [1.82, 2.24) is 15.3 Å². The summed E-state index contributed by atoms with van der Waals surface area (Å²) in [6.07, 6.45) is 3.23. The van der Waals surface area contributed by atoms with Crippen molar-refractivity contribution < 1.29 is 9.53 Å². The third kappa shape index (κ3) is 9.21. The number of para-hydroxylation sites is 1. The molecule has 2 rings (SSSR count). The average molecular weight is 388 g/mol. The van der Waals surface area contributed by atoms with Gasteiger partial charge in [-0.05, 0) is 30.9 Å². The number of carbonyl (C=O) groups excluding carboxylic acids is 1. The minimum absolute atomic E-state index is 0.456. The maximum Gasteiger partial charge on any atom is 0.218 e. The Morgan fingerprint density at radius 3 is 2.57 bits per heavy atom. The summed E-state index contributed by atoms with van der Waals surface area (Å²) in [5.41, 5.74) is 7.53. The molecule has 28 heavy (non-hydrogen) atoms. The second-order valence-corrected chi connectivity index (χ2v) is 6.83. The van der Waals surface area contributed by atoms with Gasteiger partial charge in [0.15, 0.2) is 0 Å². The molecule has 1 aromatic carbocycles. The summed E-state index contributed by atoms with van der Waals surface area (Å²) in [6.45, 7) is 11.1. The number of hydrogen-bond acceptors (Lipinski definition) is 6. The summed E-state index contributed by atoms with van der Waals surface area (Å²) < 4.78 is 5.61. The minimum atomic E-state index is 0.456. The molecule has 3 N–H and O–H groups in total. The SMILES string of the molecule is CCCN(CCNC=O)c1cc(OCC(C)C)ncn1.Cc1ccccc1N. The number of nitrogen functional groups attached to an aromatic ring is 1. The number of nitrogens with one attached hydrogen (secondary N) is 1. The van der Waals surface area contributed by atoms with E-state index in [4.69, 9.17) is 10.5 Å². The molecule has 0 aliphatic rings. The van der Waals surface area contributed by atoms with Gasteiger partial charge in [0, 0.05) is 31.4 Å². The standard InChI is InChI=1S/C14H24N4O2.C7H9N/c1-4-6-18(7-5-15-11-19)13-8-14(17-10-16-13)20-9-12(2)3;1-6-4-2-3-5-7(6)8/h8,10-12H,4-7,9H2,1-3H3,(H,15,19);2-5H,8H2,1H3. The van der Waals surface area contributed by atoms with Gasteiger partial charge in [-0.2, -0.15) is 0 Å². The van der Waals surface area contributed by atoms with Crippen LogP contribution in [0.3, 0.4) is 0 Å². The average Bonchev–Trinajstić information content (AvgIpc) is 2.69. The van der Waals surface area contributed by atoms with Crippen LogP contribution in [-0.4, -0.2) is 42.6 Å². The van der Waals surface area contributed by atoms with E-state index in [0.29, 0.717) is 37.9 Å². The first-order valence-electron chi connectivity index (χ1n) is 9.65. The van der Waals surface area contributed by atoms with Crippen molar-refractivity contribution in [3.63, 3.8) is 0 Å². The Labute approximate surface area is 168 Å². The fourth-order valence-electron chi connectivity index (χ4n) is 2.29. The lowest BCUT2D eigenvalue weighted by molar-refractivity contribution is -0.109. The van der Waals surface area contributed by atoms with Crippen LogP contribution in [0.15, 0.2) is 36.7 Å². The van der Waals surface area contributed by atoms with Crippen LogP contribution in [0, 0.1) is 12.8 Å². The van der Waals surface area contributed by atoms with Crippen LogP contribution < -0.4 is 20.7 Å². The van der Waals surface area contributed by atoms with Gasteiger partial charge < -0.3 is 20.7 Å². The Morgan fingerprint density at radius 1 is 1.25 bits per heavy atom. The number of nitrogens with two attached hydrogens (primary N) is 1. The number of hydrogen-bond donors (Lipinski definition) is 2. The molecule has 0 saturated carbocycles. The van der Waals surface area contributed by atoms with Crippen LogP contribution in [0.4, 0.5) is 11.5 Å². The van der Waals surface area contributed by atoms with E-state index in [0.717, 1.165) is 30.0 Å². The van der Waals surface area contributed by atoms with Gasteiger partial charge in [-0.25, -0.2) is 9.97 Å². The van der Waals surface area contributed by atoms with E-state index in [-0.39, 0.29) is 0 Å². The molecule has 7 heteroatoms. The number of amides is 1. The van der Waals surface area contributed by atoms with Gasteiger partial charge in [-0.1, -0.05) is 39.0 Å². The van der Waals surface area contributed by atoms with Crippen LogP contribution >= 0.6 is 0 Å². The fourth-order valence-corrected chi connectivity index (χ4v) is 2.29. The van der Waals surface area contributed by atoms with Crippen LogP contribution in [0.1, 0.15) is 32.8 Å². The van der Waals surface area contributed by atoms with E-state index in [1.807, 2.05) is 37.3 Å². The zero-order valence-electron chi connectivity index (χ0n) is 17.4. The molecule has 1 aromatic heterocycles. The number of aryl methyl sites for hydroxylation is 1. The van der Waals surface area contributed by atoms with Gasteiger partial charge in [0.05, 0.1) is 6.61 Å². The van der Waals surface area contributed by atoms with E-state index in [9.17, 15) is 4.79 Å². The molecule has 0 unspecified atom stereocenters. The molecule has 1 heterocycles. The van der Waals surface area contributed by atoms with Crippen molar-refractivity contribution in [3.05, 3.63) is 42.2 Å². The van der Waals surface area contributed by atoms with Crippen LogP contribution in [-0.2, 0) is 4.79 Å². The fraction of sp³-hybridized carbons (Fsp3) is 0.476. The highest BCUT2D eigenvalue weighted by Gasteiger charge is 2.09. The van der Waals surface area contributed by atoms with E-state index in [1.54, 1.807) is 0 Å². The first kappa shape index (κ1) is 23.2. The van der Waals surface area contributed by atoms with Gasteiger partial charge in [0.25, 0.3) is 0 Å². The summed E-state index contributed by atoms with van der Waals surface area (Å²) in [4.78, 5) is 20.8. The molecular formula is C21H33N5O2. The quantitative estimate of drug-likeness (QED) is 0.370.